The van der Waals surface area contributed by atoms with Gasteiger partial charge in [-0.2, -0.15) is 0 Å². The monoisotopic (exact) mass is 641 g/mol. The van der Waals surface area contributed by atoms with Gasteiger partial charge in [0.1, 0.15) is 35.1 Å². The highest BCUT2D eigenvalue weighted by Gasteiger charge is 2.38. The van der Waals surface area contributed by atoms with Gasteiger partial charge in [0.2, 0.25) is 11.8 Å². The maximum absolute atomic E-state index is 14.4. The number of esters is 1. The molecule has 3 unspecified atom stereocenters. The quantitative estimate of drug-likeness (QED) is 0.171. The molecule has 0 saturated heterocycles. The van der Waals surface area contributed by atoms with Crippen molar-refractivity contribution < 1.29 is 38.9 Å². The van der Waals surface area contributed by atoms with Gasteiger partial charge in [-0.15, -0.1) is 0 Å². The Kier molecular flexibility index (Phi) is 14.1. The van der Waals surface area contributed by atoms with Crippen molar-refractivity contribution in [1.82, 2.24) is 15.5 Å². The molecule has 46 heavy (non-hydrogen) atoms. The Bertz CT molecular complexity index is 1320. The number of alkyl carbamates (subject to hydrolysis) is 1. The van der Waals surface area contributed by atoms with Gasteiger partial charge >= 0.3 is 12.1 Å². The van der Waals surface area contributed by atoms with Crippen LogP contribution in [-0.2, 0) is 30.3 Å². The van der Waals surface area contributed by atoms with E-state index >= 15 is 0 Å². The number of phenols is 1. The number of amides is 3. The lowest BCUT2D eigenvalue weighted by Crippen LogP contribution is -2.56. The number of aliphatic hydroxyl groups is 1. The molecule has 254 valence electrons. The van der Waals surface area contributed by atoms with Gasteiger partial charge < -0.3 is 35.2 Å². The molecule has 11 heteroatoms. The Morgan fingerprint density at radius 1 is 0.870 bits per heavy atom. The molecule has 3 amide bonds. The van der Waals surface area contributed by atoms with Crippen LogP contribution in [0.25, 0.3) is 0 Å². The second-order valence-electron chi connectivity index (χ2n) is 13.4. The van der Waals surface area contributed by atoms with E-state index in [-0.39, 0.29) is 18.7 Å². The summed E-state index contributed by atoms with van der Waals surface area (Å²) in [6.07, 6.45) is 1.32. The molecule has 0 aliphatic heterocycles. The Morgan fingerprint density at radius 3 is 2.04 bits per heavy atom. The molecule has 0 aliphatic rings. The van der Waals surface area contributed by atoms with Crippen LogP contribution in [0.15, 0.2) is 48.5 Å². The number of aromatic hydroxyl groups is 1. The van der Waals surface area contributed by atoms with Crippen LogP contribution in [0.1, 0.15) is 90.5 Å². The van der Waals surface area contributed by atoms with Crippen molar-refractivity contribution >= 4 is 23.9 Å². The third kappa shape index (κ3) is 12.3. The summed E-state index contributed by atoms with van der Waals surface area (Å²) in [5, 5.41) is 25.7. The summed E-state index contributed by atoms with van der Waals surface area (Å²) < 4.78 is 11.0. The summed E-state index contributed by atoms with van der Waals surface area (Å²) >= 11 is 0. The molecule has 2 rings (SSSR count). The summed E-state index contributed by atoms with van der Waals surface area (Å²) in [6.45, 7) is 13.2. The number of ether oxygens (including phenoxy) is 2. The van der Waals surface area contributed by atoms with Crippen molar-refractivity contribution in [2.24, 2.45) is 0 Å². The molecule has 0 aromatic heterocycles. The van der Waals surface area contributed by atoms with Crippen molar-refractivity contribution in [1.29, 1.82) is 0 Å². The Balaban J connectivity index is 2.60. The van der Waals surface area contributed by atoms with E-state index in [1.54, 1.807) is 54.5 Å². The number of phenolic OH excluding ortho intramolecular Hbond substituents is 1. The lowest BCUT2D eigenvalue weighted by Gasteiger charge is -2.35. The summed E-state index contributed by atoms with van der Waals surface area (Å²) in [6, 6.07) is 9.89. The lowest BCUT2D eigenvalue weighted by molar-refractivity contribution is -0.159. The van der Waals surface area contributed by atoms with Gasteiger partial charge in [-0.25, -0.2) is 9.59 Å². The highest BCUT2D eigenvalue weighted by molar-refractivity contribution is 5.94. The second kappa shape index (κ2) is 17.0. The first-order valence-electron chi connectivity index (χ1n) is 15.7. The average molecular weight is 642 g/mol. The van der Waals surface area contributed by atoms with Crippen molar-refractivity contribution in [3.63, 3.8) is 0 Å². The highest BCUT2D eigenvalue weighted by atomic mass is 16.6. The van der Waals surface area contributed by atoms with E-state index in [0.29, 0.717) is 17.5 Å². The number of nitrogens with zero attached hydrogens (tertiary/aromatic N) is 1. The normalized spacial score (nSPS) is 13.6. The number of nitrogens with one attached hydrogen (secondary N) is 2. The Labute approximate surface area is 272 Å². The number of aryl methyl sites for hydroxylation is 1. The zero-order valence-corrected chi connectivity index (χ0v) is 28.4. The number of hydrogen-bond donors (Lipinski definition) is 4. The van der Waals surface area contributed by atoms with E-state index in [1.807, 2.05) is 37.3 Å². The second-order valence-corrected chi connectivity index (χ2v) is 13.4. The first-order chi connectivity index (χ1) is 21.5. The van der Waals surface area contributed by atoms with E-state index in [0.717, 1.165) is 18.4 Å². The summed E-state index contributed by atoms with van der Waals surface area (Å²) in [4.78, 5) is 55.8. The van der Waals surface area contributed by atoms with Crippen molar-refractivity contribution in [2.75, 3.05) is 13.2 Å². The fourth-order valence-corrected chi connectivity index (χ4v) is 4.72. The molecule has 0 radical (unpaired) electrons. The SMILES string of the molecule is CCCCCN(C(=O)C(CO)NC(=O)OC(C)(C)C)C(C(=O)NC(Cc1ccccc1)C(=O)OC(C)(C)C)c1ccc(O)c(C)c1. The lowest BCUT2D eigenvalue weighted by atomic mass is 9.98. The minimum Gasteiger partial charge on any atom is -0.508 e. The molecule has 4 N–H and O–H groups in total. The minimum atomic E-state index is -1.42. The van der Waals surface area contributed by atoms with Crippen LogP contribution in [0.4, 0.5) is 4.79 Å². The predicted molar refractivity (Wildman–Crippen MR) is 175 cm³/mol. The van der Waals surface area contributed by atoms with Crippen LogP contribution < -0.4 is 10.6 Å². The number of carbonyl (C=O) groups excluding carboxylic acids is 4. The van der Waals surface area contributed by atoms with Gasteiger partial charge in [0.25, 0.3) is 0 Å². The van der Waals surface area contributed by atoms with Crippen LogP contribution in [0, 0.1) is 6.92 Å². The zero-order valence-electron chi connectivity index (χ0n) is 28.4. The maximum atomic E-state index is 14.4. The topological polar surface area (TPSA) is 154 Å². The zero-order chi connectivity index (χ0) is 34.7. The number of aliphatic hydroxyl groups excluding tert-OH is 1. The summed E-state index contributed by atoms with van der Waals surface area (Å²) in [5.74, 6) is -2.03. The standard InChI is InChI=1S/C35H51N3O8/c1-9-10-14-19-38(31(42)27(22-39)37-33(44)46-35(6,7)8)29(25-17-18-28(40)23(2)20-25)30(41)36-26(32(43)45-34(3,4)5)21-24-15-12-11-13-16-24/h11-13,15-18,20,26-27,29,39-40H,9-10,14,19,21-22H2,1-8H3,(H,36,41)(H,37,44). The summed E-state index contributed by atoms with van der Waals surface area (Å²) in [7, 11) is 0. The highest BCUT2D eigenvalue weighted by Crippen LogP contribution is 2.28. The number of rotatable bonds is 14. The first-order valence-corrected chi connectivity index (χ1v) is 15.7. The van der Waals surface area contributed by atoms with E-state index in [1.165, 1.54) is 17.0 Å². The number of unbranched alkanes of at least 4 members (excludes halogenated alkanes) is 2. The van der Waals surface area contributed by atoms with E-state index in [2.05, 4.69) is 10.6 Å². The maximum Gasteiger partial charge on any atom is 0.408 e. The predicted octanol–water partition coefficient (Wildman–Crippen LogP) is 4.72. The largest absolute Gasteiger partial charge is 0.508 e. The number of benzene rings is 2. The third-order valence-electron chi connectivity index (χ3n) is 6.84. The van der Waals surface area contributed by atoms with Gasteiger partial charge in [0.05, 0.1) is 6.61 Å². The van der Waals surface area contributed by atoms with Gasteiger partial charge in [-0.05, 0) is 83.7 Å². The van der Waals surface area contributed by atoms with Crippen molar-refractivity contribution in [3.05, 3.63) is 65.2 Å². The van der Waals surface area contributed by atoms with Crippen LogP contribution in [0.3, 0.4) is 0 Å². The molecular weight excluding hydrogens is 590 g/mol. The summed E-state index contributed by atoms with van der Waals surface area (Å²) in [5.41, 5.74) is -0.0544. The molecule has 0 aliphatic carbocycles. The number of carbonyl (C=O) groups is 4. The first kappa shape index (κ1) is 38.1. The number of hydrogen-bond acceptors (Lipinski definition) is 8. The van der Waals surface area contributed by atoms with Crippen LogP contribution in [-0.4, -0.2) is 75.4 Å². The van der Waals surface area contributed by atoms with E-state index in [9.17, 15) is 29.4 Å². The van der Waals surface area contributed by atoms with E-state index < -0.39 is 59.8 Å². The van der Waals surface area contributed by atoms with Gasteiger partial charge in [0, 0.05) is 13.0 Å². The molecule has 2 aromatic carbocycles. The Morgan fingerprint density at radius 2 is 1.50 bits per heavy atom. The van der Waals surface area contributed by atoms with Gasteiger partial charge in [0.15, 0.2) is 0 Å². The molecule has 0 heterocycles. The molecule has 11 nitrogen and oxygen atoms in total. The van der Waals surface area contributed by atoms with Crippen molar-refractivity contribution in [3.8, 4) is 5.75 Å². The molecule has 0 bridgehead atoms. The van der Waals surface area contributed by atoms with Crippen LogP contribution >= 0.6 is 0 Å². The average Bonchev–Trinajstić information content (AvgIpc) is 2.95. The fraction of sp³-hybridized carbons (Fsp3) is 0.543. The molecule has 3 atom stereocenters. The smallest absolute Gasteiger partial charge is 0.408 e. The van der Waals surface area contributed by atoms with Gasteiger partial charge in [-0.1, -0.05) is 56.2 Å². The minimum absolute atomic E-state index is 0.00213. The molecule has 0 saturated carbocycles. The van der Waals surface area contributed by atoms with E-state index in [4.69, 9.17) is 9.47 Å². The van der Waals surface area contributed by atoms with Crippen LogP contribution in [0.5, 0.6) is 5.75 Å². The van der Waals surface area contributed by atoms with Crippen LogP contribution in [0.2, 0.25) is 0 Å². The fourth-order valence-electron chi connectivity index (χ4n) is 4.72. The molecule has 2 aromatic rings. The van der Waals surface area contributed by atoms with Crippen molar-refractivity contribution in [2.45, 2.75) is 110 Å². The van der Waals surface area contributed by atoms with Gasteiger partial charge in [-0.3, -0.25) is 9.59 Å². The Hall–Kier alpha value is -4.12. The molecule has 0 fully saturated rings. The molecular formula is C35H51N3O8. The third-order valence-corrected chi connectivity index (χ3v) is 6.84. The molecule has 0 spiro atoms.